The molecule has 1 aromatic rings. The van der Waals surface area contributed by atoms with Crippen LogP contribution in [0.25, 0.3) is 0 Å². The first-order valence-electron chi connectivity index (χ1n) is 7.60. The molecule has 126 valence electrons. The first kappa shape index (κ1) is 17.1. The molecular formula is C17H24N2O4. The van der Waals surface area contributed by atoms with Gasteiger partial charge in [-0.25, -0.2) is 0 Å². The van der Waals surface area contributed by atoms with Crippen molar-refractivity contribution >= 4 is 17.5 Å². The lowest BCUT2D eigenvalue weighted by Crippen LogP contribution is -2.42. The SMILES string of the molecule is COc1ccc(NC(=O)C2CC2C(=O)NC(C)(C)C)cc1OC. The molecule has 0 spiro atoms. The number of hydrogen-bond donors (Lipinski definition) is 2. The molecule has 23 heavy (non-hydrogen) atoms. The van der Waals surface area contributed by atoms with Crippen LogP contribution in [0.5, 0.6) is 11.5 Å². The summed E-state index contributed by atoms with van der Waals surface area (Å²) in [5.74, 6) is 0.415. The first-order valence-corrected chi connectivity index (χ1v) is 7.60. The van der Waals surface area contributed by atoms with Crippen LogP contribution in [0.4, 0.5) is 5.69 Å². The molecule has 2 amide bonds. The van der Waals surface area contributed by atoms with Crippen molar-refractivity contribution in [1.82, 2.24) is 5.32 Å². The Bertz CT molecular complexity index is 607. The average Bonchev–Trinajstić information content (AvgIpc) is 3.26. The van der Waals surface area contributed by atoms with E-state index in [1.807, 2.05) is 20.8 Å². The lowest BCUT2D eigenvalue weighted by atomic mass is 10.1. The maximum Gasteiger partial charge on any atom is 0.228 e. The van der Waals surface area contributed by atoms with E-state index in [0.717, 1.165) is 0 Å². The largest absolute Gasteiger partial charge is 0.493 e. The molecular weight excluding hydrogens is 296 g/mol. The van der Waals surface area contributed by atoms with Crippen molar-refractivity contribution in [2.45, 2.75) is 32.7 Å². The molecule has 1 fully saturated rings. The van der Waals surface area contributed by atoms with Crippen molar-refractivity contribution in [2.75, 3.05) is 19.5 Å². The van der Waals surface area contributed by atoms with Crippen molar-refractivity contribution in [3.8, 4) is 11.5 Å². The molecule has 6 heteroatoms. The predicted octanol–water partition coefficient (Wildman–Crippen LogP) is 2.19. The number of nitrogens with one attached hydrogen (secondary N) is 2. The van der Waals surface area contributed by atoms with Gasteiger partial charge >= 0.3 is 0 Å². The van der Waals surface area contributed by atoms with Crippen molar-refractivity contribution in [2.24, 2.45) is 11.8 Å². The molecule has 1 aliphatic rings. The molecule has 0 saturated heterocycles. The van der Waals surface area contributed by atoms with Gasteiger partial charge < -0.3 is 20.1 Å². The third-order valence-electron chi connectivity index (χ3n) is 3.61. The van der Waals surface area contributed by atoms with E-state index < -0.39 is 0 Å². The lowest BCUT2D eigenvalue weighted by Gasteiger charge is -2.20. The number of hydrogen-bond acceptors (Lipinski definition) is 4. The van der Waals surface area contributed by atoms with Gasteiger partial charge in [-0.2, -0.15) is 0 Å². The maximum absolute atomic E-state index is 12.2. The molecule has 1 saturated carbocycles. The fourth-order valence-electron chi connectivity index (χ4n) is 2.39. The molecule has 6 nitrogen and oxygen atoms in total. The topological polar surface area (TPSA) is 76.7 Å². The van der Waals surface area contributed by atoms with Gasteiger partial charge in [-0.3, -0.25) is 9.59 Å². The number of carbonyl (C=O) groups is 2. The summed E-state index contributed by atoms with van der Waals surface area (Å²) in [7, 11) is 3.09. The predicted molar refractivity (Wildman–Crippen MR) is 87.7 cm³/mol. The summed E-state index contributed by atoms with van der Waals surface area (Å²) < 4.78 is 10.4. The molecule has 2 N–H and O–H groups in total. The van der Waals surface area contributed by atoms with Crippen molar-refractivity contribution < 1.29 is 19.1 Å². The highest BCUT2D eigenvalue weighted by atomic mass is 16.5. The van der Waals surface area contributed by atoms with E-state index in [-0.39, 0.29) is 29.2 Å². The fourth-order valence-corrected chi connectivity index (χ4v) is 2.39. The van der Waals surface area contributed by atoms with Crippen LogP contribution in [0.2, 0.25) is 0 Å². The number of methoxy groups -OCH3 is 2. The highest BCUT2D eigenvalue weighted by molar-refractivity contribution is 5.99. The number of anilines is 1. The van der Waals surface area contributed by atoms with Crippen molar-refractivity contribution in [3.63, 3.8) is 0 Å². The maximum atomic E-state index is 12.2. The monoisotopic (exact) mass is 320 g/mol. The second-order valence-corrected chi connectivity index (χ2v) is 6.75. The second kappa shape index (κ2) is 6.48. The van der Waals surface area contributed by atoms with Crippen molar-refractivity contribution in [3.05, 3.63) is 18.2 Å². The van der Waals surface area contributed by atoms with Crippen LogP contribution in [0, 0.1) is 11.8 Å². The van der Waals surface area contributed by atoms with Gasteiger partial charge in [-0.15, -0.1) is 0 Å². The Hall–Kier alpha value is -2.24. The Kier molecular flexibility index (Phi) is 4.82. The van der Waals surface area contributed by atoms with Crippen LogP contribution in [0.15, 0.2) is 18.2 Å². The van der Waals surface area contributed by atoms with E-state index in [0.29, 0.717) is 23.6 Å². The van der Waals surface area contributed by atoms with Gasteiger partial charge in [0.25, 0.3) is 0 Å². The third-order valence-corrected chi connectivity index (χ3v) is 3.61. The summed E-state index contributed by atoms with van der Waals surface area (Å²) in [6, 6.07) is 5.17. The van der Waals surface area contributed by atoms with Crippen LogP contribution in [0.1, 0.15) is 27.2 Å². The summed E-state index contributed by atoms with van der Waals surface area (Å²) in [5, 5.41) is 5.73. The van der Waals surface area contributed by atoms with E-state index in [4.69, 9.17) is 9.47 Å². The van der Waals surface area contributed by atoms with E-state index in [9.17, 15) is 9.59 Å². The zero-order valence-electron chi connectivity index (χ0n) is 14.2. The quantitative estimate of drug-likeness (QED) is 0.872. The van der Waals surface area contributed by atoms with E-state index in [1.54, 1.807) is 25.3 Å². The molecule has 0 heterocycles. The lowest BCUT2D eigenvalue weighted by molar-refractivity contribution is -0.126. The standard InChI is InChI=1S/C17H24N2O4/c1-17(2,3)19-16(21)12-9-11(12)15(20)18-10-6-7-13(22-4)14(8-10)23-5/h6-8,11-12H,9H2,1-5H3,(H,18,20)(H,19,21). The molecule has 0 aromatic heterocycles. The Morgan fingerprint density at radius 3 is 2.22 bits per heavy atom. The Morgan fingerprint density at radius 1 is 1.04 bits per heavy atom. The summed E-state index contributed by atoms with van der Waals surface area (Å²) in [5.41, 5.74) is 0.332. The number of benzene rings is 1. The zero-order chi connectivity index (χ0) is 17.2. The van der Waals surface area contributed by atoms with Gasteiger partial charge in [0, 0.05) is 17.3 Å². The Balaban J connectivity index is 1.95. The third kappa shape index (κ3) is 4.37. The van der Waals surface area contributed by atoms with Crippen LogP contribution >= 0.6 is 0 Å². The number of rotatable bonds is 5. The minimum absolute atomic E-state index is 0.0649. The van der Waals surface area contributed by atoms with Crippen LogP contribution in [-0.2, 0) is 9.59 Å². The Morgan fingerprint density at radius 2 is 1.65 bits per heavy atom. The number of amides is 2. The molecule has 0 aliphatic heterocycles. The highest BCUT2D eigenvalue weighted by Crippen LogP contribution is 2.40. The van der Waals surface area contributed by atoms with Gasteiger partial charge in [0.15, 0.2) is 11.5 Å². The molecule has 1 aromatic carbocycles. The molecule has 2 atom stereocenters. The van der Waals surface area contributed by atoms with Gasteiger partial charge in [-0.1, -0.05) is 0 Å². The molecule has 2 rings (SSSR count). The summed E-state index contributed by atoms with van der Waals surface area (Å²) in [6.45, 7) is 5.77. The minimum Gasteiger partial charge on any atom is -0.493 e. The van der Waals surface area contributed by atoms with E-state index >= 15 is 0 Å². The normalized spacial score (nSPS) is 19.7. The van der Waals surface area contributed by atoms with Gasteiger partial charge in [0.05, 0.1) is 26.1 Å². The van der Waals surface area contributed by atoms with Crippen LogP contribution in [-0.4, -0.2) is 31.6 Å². The molecule has 0 radical (unpaired) electrons. The number of ether oxygens (including phenoxy) is 2. The van der Waals surface area contributed by atoms with Crippen molar-refractivity contribution in [1.29, 1.82) is 0 Å². The van der Waals surface area contributed by atoms with Gasteiger partial charge in [0.2, 0.25) is 11.8 Å². The van der Waals surface area contributed by atoms with Crippen LogP contribution in [0.3, 0.4) is 0 Å². The summed E-state index contributed by atoms with van der Waals surface area (Å²) in [6.07, 6.45) is 0.584. The van der Waals surface area contributed by atoms with E-state index in [1.165, 1.54) is 7.11 Å². The summed E-state index contributed by atoms with van der Waals surface area (Å²) in [4.78, 5) is 24.3. The smallest absolute Gasteiger partial charge is 0.228 e. The molecule has 0 bridgehead atoms. The Labute approximate surface area is 136 Å². The zero-order valence-corrected chi connectivity index (χ0v) is 14.2. The first-order chi connectivity index (χ1) is 10.7. The average molecular weight is 320 g/mol. The molecule has 1 aliphatic carbocycles. The van der Waals surface area contributed by atoms with Gasteiger partial charge in [-0.05, 0) is 39.3 Å². The second-order valence-electron chi connectivity index (χ2n) is 6.75. The number of carbonyl (C=O) groups excluding carboxylic acids is 2. The van der Waals surface area contributed by atoms with Gasteiger partial charge in [0.1, 0.15) is 0 Å². The summed E-state index contributed by atoms with van der Waals surface area (Å²) >= 11 is 0. The highest BCUT2D eigenvalue weighted by Gasteiger charge is 2.48. The minimum atomic E-state index is -0.288. The fraction of sp³-hybridized carbons (Fsp3) is 0.529. The van der Waals surface area contributed by atoms with E-state index in [2.05, 4.69) is 10.6 Å². The van der Waals surface area contributed by atoms with Crippen LogP contribution < -0.4 is 20.1 Å². The molecule has 2 unspecified atom stereocenters.